The highest BCUT2D eigenvalue weighted by Crippen LogP contribution is 2.17. The Labute approximate surface area is 324 Å². The summed E-state index contributed by atoms with van der Waals surface area (Å²) in [6.45, 7) is 5.24. The summed E-state index contributed by atoms with van der Waals surface area (Å²) in [5.41, 5.74) is 0. The van der Waals surface area contributed by atoms with Gasteiger partial charge < -0.3 is 4.74 Å². The number of rotatable bonds is 46. The summed E-state index contributed by atoms with van der Waals surface area (Å²) >= 11 is 0. The second-order valence-electron chi connectivity index (χ2n) is 16.8. The zero-order chi connectivity index (χ0) is 36.8. The molecule has 0 fully saturated rings. The minimum atomic E-state index is 0.0331. The van der Waals surface area contributed by atoms with E-state index in [1.165, 1.54) is 270 Å². The zero-order valence-corrected chi connectivity index (χ0v) is 35.8. The van der Waals surface area contributed by atoms with E-state index < -0.39 is 0 Å². The van der Waals surface area contributed by atoms with Crippen LogP contribution >= 0.6 is 0 Å². The number of carbonyl (C=O) groups is 1. The third-order valence-electron chi connectivity index (χ3n) is 11.5. The fourth-order valence-electron chi connectivity index (χ4n) is 7.85. The van der Waals surface area contributed by atoms with Crippen LogP contribution in [0.25, 0.3) is 0 Å². The first-order valence-electron chi connectivity index (χ1n) is 24.5. The molecule has 2 nitrogen and oxygen atoms in total. The van der Waals surface area contributed by atoms with E-state index in [9.17, 15) is 4.79 Å². The topological polar surface area (TPSA) is 26.3 Å². The molecule has 0 aliphatic carbocycles. The van der Waals surface area contributed by atoms with E-state index in [-0.39, 0.29) is 5.97 Å². The van der Waals surface area contributed by atoms with Crippen LogP contribution in [-0.4, -0.2) is 12.6 Å². The van der Waals surface area contributed by atoms with Gasteiger partial charge in [-0.2, -0.15) is 0 Å². The zero-order valence-electron chi connectivity index (χ0n) is 35.8. The summed E-state index contributed by atoms with van der Waals surface area (Å²) in [5, 5.41) is 0. The van der Waals surface area contributed by atoms with Crippen molar-refractivity contribution < 1.29 is 9.53 Å². The van der Waals surface area contributed by atoms with Gasteiger partial charge in [-0.1, -0.05) is 284 Å². The van der Waals surface area contributed by atoms with Gasteiger partial charge in [-0.15, -0.1) is 0 Å². The highest BCUT2D eigenvalue weighted by Gasteiger charge is 2.03. The number of hydrogen-bond acceptors (Lipinski definition) is 2. The van der Waals surface area contributed by atoms with Crippen molar-refractivity contribution in [3.05, 3.63) is 0 Å². The van der Waals surface area contributed by atoms with Crippen LogP contribution in [-0.2, 0) is 9.53 Å². The fraction of sp³-hybridized carbons (Fsp3) is 0.980. The maximum Gasteiger partial charge on any atom is 0.305 e. The van der Waals surface area contributed by atoms with Crippen molar-refractivity contribution in [3.63, 3.8) is 0 Å². The van der Waals surface area contributed by atoms with Gasteiger partial charge in [-0.25, -0.2) is 0 Å². The molecule has 0 N–H and O–H groups in total. The minimum absolute atomic E-state index is 0.0331. The van der Waals surface area contributed by atoms with Gasteiger partial charge in [0.2, 0.25) is 0 Å². The van der Waals surface area contributed by atoms with Crippen molar-refractivity contribution in [2.75, 3.05) is 6.61 Å². The summed E-state index contributed by atoms with van der Waals surface area (Å²) in [6, 6.07) is 0. The van der Waals surface area contributed by atoms with Crippen LogP contribution in [0.15, 0.2) is 0 Å². The van der Waals surface area contributed by atoms with Gasteiger partial charge in [0.1, 0.15) is 0 Å². The molecule has 51 heavy (non-hydrogen) atoms. The Kier molecular flexibility index (Phi) is 47.0. The quantitative estimate of drug-likeness (QED) is 0.0463. The van der Waals surface area contributed by atoms with Crippen molar-refractivity contribution in [1.29, 1.82) is 0 Å². The van der Waals surface area contributed by atoms with Gasteiger partial charge >= 0.3 is 5.97 Å². The molecule has 306 valence electrons. The Balaban J connectivity index is 3.13. The van der Waals surface area contributed by atoms with Crippen molar-refractivity contribution in [2.45, 2.75) is 303 Å². The maximum absolute atomic E-state index is 12.0. The lowest BCUT2D eigenvalue weighted by Crippen LogP contribution is -2.05. The molecule has 0 aliphatic heterocycles. The lowest BCUT2D eigenvalue weighted by Gasteiger charge is -2.06. The molecule has 0 aromatic rings. The van der Waals surface area contributed by atoms with E-state index >= 15 is 0 Å². The molecule has 0 aromatic carbocycles. The minimum Gasteiger partial charge on any atom is -0.466 e. The maximum atomic E-state index is 12.0. The Morgan fingerprint density at radius 1 is 0.255 bits per heavy atom. The molecule has 0 aromatic heterocycles. The van der Waals surface area contributed by atoms with Crippen molar-refractivity contribution in [2.24, 2.45) is 0 Å². The summed E-state index contributed by atoms with van der Waals surface area (Å²) in [7, 11) is 0. The van der Waals surface area contributed by atoms with Crippen LogP contribution in [0.1, 0.15) is 303 Å². The number of unbranched alkanes of at least 4 members (excludes halogenated alkanes) is 42. The number of hydrogen-bond donors (Lipinski definition) is 0. The molecule has 0 unspecified atom stereocenters. The van der Waals surface area contributed by atoms with E-state index in [0.29, 0.717) is 13.0 Å². The highest BCUT2D eigenvalue weighted by atomic mass is 16.5. The fourth-order valence-corrected chi connectivity index (χ4v) is 7.85. The standard InChI is InChI=1S/C49H98O2/c1-3-5-7-9-11-13-15-17-19-21-22-23-24-25-26-27-28-29-30-31-32-33-35-37-39-41-43-45-47-49(50)51-48-46-44-42-40-38-36-34-20-18-16-14-12-10-8-6-4-2/h3-48H2,1-2H3. The Morgan fingerprint density at radius 3 is 0.647 bits per heavy atom. The molecule has 0 aliphatic rings. The average Bonchev–Trinajstić information content (AvgIpc) is 3.14. The summed E-state index contributed by atoms with van der Waals surface area (Å²) in [4.78, 5) is 12.0. The average molecular weight is 719 g/mol. The van der Waals surface area contributed by atoms with Crippen LogP contribution in [0.3, 0.4) is 0 Å². The van der Waals surface area contributed by atoms with Gasteiger partial charge in [0.15, 0.2) is 0 Å². The molecule has 2 heteroatoms. The molecule has 0 spiro atoms. The second kappa shape index (κ2) is 47.5. The predicted molar refractivity (Wildman–Crippen MR) is 230 cm³/mol. The van der Waals surface area contributed by atoms with E-state index in [1.807, 2.05) is 0 Å². The largest absolute Gasteiger partial charge is 0.466 e. The Morgan fingerprint density at radius 2 is 0.431 bits per heavy atom. The second-order valence-corrected chi connectivity index (χ2v) is 16.8. The molecular weight excluding hydrogens is 621 g/mol. The normalized spacial score (nSPS) is 11.5. The molecule has 0 amide bonds. The first-order chi connectivity index (χ1) is 25.3. The molecule has 0 saturated heterocycles. The third-order valence-corrected chi connectivity index (χ3v) is 11.5. The SMILES string of the molecule is CCCCCCCCCCCCCCCCCCCCCCCCCCCCCCC(=O)OCCCCCCCCCCCCCCCCCC. The molecule has 0 rings (SSSR count). The van der Waals surface area contributed by atoms with Crippen LogP contribution < -0.4 is 0 Å². The number of carbonyl (C=O) groups excluding carboxylic acids is 1. The lowest BCUT2D eigenvalue weighted by atomic mass is 10.0. The van der Waals surface area contributed by atoms with Gasteiger partial charge in [0, 0.05) is 6.42 Å². The molecule has 0 atom stereocenters. The third kappa shape index (κ3) is 47.4. The van der Waals surface area contributed by atoms with Gasteiger partial charge in [0.25, 0.3) is 0 Å². The van der Waals surface area contributed by atoms with Crippen molar-refractivity contribution in [3.8, 4) is 0 Å². The van der Waals surface area contributed by atoms with E-state index in [4.69, 9.17) is 4.74 Å². The monoisotopic (exact) mass is 719 g/mol. The van der Waals surface area contributed by atoms with Crippen LogP contribution in [0, 0.1) is 0 Å². The van der Waals surface area contributed by atoms with E-state index in [1.54, 1.807) is 0 Å². The molecule has 0 saturated carbocycles. The van der Waals surface area contributed by atoms with Crippen LogP contribution in [0.4, 0.5) is 0 Å². The van der Waals surface area contributed by atoms with E-state index in [0.717, 1.165) is 12.8 Å². The van der Waals surface area contributed by atoms with Crippen molar-refractivity contribution >= 4 is 5.97 Å². The molecule has 0 heterocycles. The van der Waals surface area contributed by atoms with Crippen LogP contribution in [0.2, 0.25) is 0 Å². The Bertz CT molecular complexity index is 615. The van der Waals surface area contributed by atoms with Crippen molar-refractivity contribution in [1.82, 2.24) is 0 Å². The number of esters is 1. The van der Waals surface area contributed by atoms with Gasteiger partial charge in [0.05, 0.1) is 6.61 Å². The highest BCUT2D eigenvalue weighted by molar-refractivity contribution is 5.69. The lowest BCUT2D eigenvalue weighted by molar-refractivity contribution is -0.143. The summed E-state index contributed by atoms with van der Waals surface area (Å²) in [5.74, 6) is 0.0331. The van der Waals surface area contributed by atoms with E-state index in [2.05, 4.69) is 13.8 Å². The van der Waals surface area contributed by atoms with Crippen LogP contribution in [0.5, 0.6) is 0 Å². The predicted octanol–water partition coefficient (Wildman–Crippen LogP) is 18.1. The number of ether oxygens (including phenoxy) is 1. The molecule has 0 radical (unpaired) electrons. The Hall–Kier alpha value is -0.530. The first kappa shape index (κ1) is 50.5. The molecule has 0 bridgehead atoms. The smallest absolute Gasteiger partial charge is 0.305 e. The summed E-state index contributed by atoms with van der Waals surface area (Å²) in [6.07, 6.45) is 62.4. The van der Waals surface area contributed by atoms with Gasteiger partial charge in [-0.3, -0.25) is 4.79 Å². The summed E-state index contributed by atoms with van der Waals surface area (Å²) < 4.78 is 5.48. The molecular formula is C49H98O2. The first-order valence-corrected chi connectivity index (χ1v) is 24.5. The van der Waals surface area contributed by atoms with Gasteiger partial charge in [-0.05, 0) is 12.8 Å².